The molecule has 0 aromatic heterocycles. The minimum atomic E-state index is -0.513. The molecule has 4 heteroatoms. The van der Waals surface area contributed by atoms with Gasteiger partial charge in [-0.3, -0.25) is 4.79 Å². The second-order valence-corrected chi connectivity index (χ2v) is 5.22. The number of rotatable bonds is 3. The van der Waals surface area contributed by atoms with E-state index in [0.717, 1.165) is 11.1 Å². The third kappa shape index (κ3) is 1.95. The Bertz CT molecular complexity index is 517. The summed E-state index contributed by atoms with van der Waals surface area (Å²) >= 11 is 0. The Morgan fingerprint density at radius 2 is 1.63 bits per heavy atom. The Morgan fingerprint density at radius 3 is 2.16 bits per heavy atom. The summed E-state index contributed by atoms with van der Waals surface area (Å²) in [4.78, 5) is 12.1. The number of methoxy groups -OCH3 is 3. The van der Waals surface area contributed by atoms with Crippen molar-refractivity contribution in [3.63, 3.8) is 0 Å². The van der Waals surface area contributed by atoms with Gasteiger partial charge in [-0.25, -0.2) is 0 Å². The molecule has 0 bridgehead atoms. The summed E-state index contributed by atoms with van der Waals surface area (Å²) in [6.07, 6.45) is 1.22. The van der Waals surface area contributed by atoms with E-state index in [4.69, 9.17) is 14.2 Å². The molecular formula is C15H20O4. The van der Waals surface area contributed by atoms with Gasteiger partial charge in [-0.2, -0.15) is 0 Å². The maximum absolute atomic E-state index is 12.1. The van der Waals surface area contributed by atoms with Crippen molar-refractivity contribution in [2.45, 2.75) is 32.1 Å². The number of hydrogen-bond donors (Lipinski definition) is 0. The fraction of sp³-hybridized carbons (Fsp3) is 0.533. The number of Topliss-reactive ketones (excluding diaryl/α,β-unsaturated/α-hetero) is 1. The van der Waals surface area contributed by atoms with Gasteiger partial charge in [0.1, 0.15) is 5.78 Å². The number of ketones is 1. The first-order chi connectivity index (χ1) is 8.97. The molecule has 0 heterocycles. The van der Waals surface area contributed by atoms with Crippen molar-refractivity contribution in [1.82, 2.24) is 0 Å². The molecule has 0 radical (unpaired) electrons. The lowest BCUT2D eigenvalue weighted by Crippen LogP contribution is -2.34. The average molecular weight is 264 g/mol. The van der Waals surface area contributed by atoms with Crippen LogP contribution in [0.2, 0.25) is 0 Å². The number of benzene rings is 1. The summed E-state index contributed by atoms with van der Waals surface area (Å²) in [6, 6.07) is 1.90. The van der Waals surface area contributed by atoms with Gasteiger partial charge >= 0.3 is 0 Å². The SMILES string of the molecule is COc1cc2c(c(OC)c1OC)CCC(=O)C2(C)C. The minimum Gasteiger partial charge on any atom is -0.493 e. The van der Waals surface area contributed by atoms with Gasteiger partial charge < -0.3 is 14.2 Å². The molecular weight excluding hydrogens is 244 g/mol. The lowest BCUT2D eigenvalue weighted by atomic mass is 9.71. The number of fused-ring (bicyclic) bond motifs is 1. The first-order valence-corrected chi connectivity index (χ1v) is 6.33. The Morgan fingerprint density at radius 1 is 1.00 bits per heavy atom. The first kappa shape index (κ1) is 13.7. The third-order valence-electron chi connectivity index (χ3n) is 3.91. The van der Waals surface area contributed by atoms with Crippen molar-refractivity contribution in [2.24, 2.45) is 0 Å². The molecule has 104 valence electrons. The van der Waals surface area contributed by atoms with E-state index >= 15 is 0 Å². The van der Waals surface area contributed by atoms with E-state index < -0.39 is 5.41 Å². The van der Waals surface area contributed by atoms with Gasteiger partial charge in [0.05, 0.1) is 21.3 Å². The predicted molar refractivity (Wildman–Crippen MR) is 72.5 cm³/mol. The average Bonchev–Trinajstić information content (AvgIpc) is 2.41. The number of hydrogen-bond acceptors (Lipinski definition) is 4. The van der Waals surface area contributed by atoms with E-state index in [9.17, 15) is 4.79 Å². The Kier molecular flexibility index (Phi) is 3.43. The highest BCUT2D eigenvalue weighted by Crippen LogP contribution is 2.48. The van der Waals surface area contributed by atoms with Crippen molar-refractivity contribution in [1.29, 1.82) is 0 Å². The molecule has 0 fully saturated rings. The zero-order valence-corrected chi connectivity index (χ0v) is 12.1. The predicted octanol–water partition coefficient (Wildman–Crippen LogP) is 2.51. The summed E-state index contributed by atoms with van der Waals surface area (Å²) in [5.74, 6) is 2.11. The highest BCUT2D eigenvalue weighted by atomic mass is 16.5. The van der Waals surface area contributed by atoms with Crippen molar-refractivity contribution in [3.05, 3.63) is 17.2 Å². The van der Waals surface area contributed by atoms with E-state index in [1.807, 2.05) is 19.9 Å². The molecule has 1 aliphatic carbocycles. The molecule has 1 aromatic carbocycles. The molecule has 4 nitrogen and oxygen atoms in total. The van der Waals surface area contributed by atoms with E-state index in [0.29, 0.717) is 30.1 Å². The maximum atomic E-state index is 12.1. The van der Waals surface area contributed by atoms with Crippen LogP contribution in [0.1, 0.15) is 31.4 Å². The molecule has 1 aliphatic rings. The van der Waals surface area contributed by atoms with Crippen LogP contribution in [0, 0.1) is 0 Å². The van der Waals surface area contributed by atoms with Crippen LogP contribution in [0.25, 0.3) is 0 Å². The minimum absolute atomic E-state index is 0.245. The second-order valence-electron chi connectivity index (χ2n) is 5.22. The summed E-state index contributed by atoms with van der Waals surface area (Å²) in [7, 11) is 4.79. The second kappa shape index (κ2) is 4.76. The summed E-state index contributed by atoms with van der Waals surface area (Å²) in [6.45, 7) is 3.89. The fourth-order valence-corrected chi connectivity index (χ4v) is 2.72. The molecule has 19 heavy (non-hydrogen) atoms. The molecule has 0 saturated heterocycles. The molecule has 0 N–H and O–H groups in total. The largest absolute Gasteiger partial charge is 0.493 e. The molecule has 2 rings (SSSR count). The summed E-state index contributed by atoms with van der Waals surface area (Å²) < 4.78 is 16.2. The molecule has 0 spiro atoms. The Balaban J connectivity index is 2.75. The molecule has 0 aliphatic heterocycles. The Labute approximate surface area is 113 Å². The van der Waals surface area contributed by atoms with Crippen LogP contribution in [-0.4, -0.2) is 27.1 Å². The smallest absolute Gasteiger partial charge is 0.203 e. The third-order valence-corrected chi connectivity index (χ3v) is 3.91. The van der Waals surface area contributed by atoms with Crippen LogP contribution >= 0.6 is 0 Å². The number of ether oxygens (including phenoxy) is 3. The number of carbonyl (C=O) groups is 1. The first-order valence-electron chi connectivity index (χ1n) is 6.33. The van der Waals surface area contributed by atoms with Gasteiger partial charge in [0, 0.05) is 17.4 Å². The van der Waals surface area contributed by atoms with Crippen LogP contribution in [0.3, 0.4) is 0 Å². The lowest BCUT2D eigenvalue weighted by molar-refractivity contribution is -0.124. The molecule has 0 saturated carbocycles. The van der Waals surface area contributed by atoms with Gasteiger partial charge in [-0.15, -0.1) is 0 Å². The molecule has 1 aromatic rings. The highest BCUT2D eigenvalue weighted by molar-refractivity contribution is 5.92. The van der Waals surface area contributed by atoms with Crippen LogP contribution in [0.4, 0.5) is 0 Å². The zero-order valence-electron chi connectivity index (χ0n) is 12.1. The maximum Gasteiger partial charge on any atom is 0.203 e. The highest BCUT2D eigenvalue weighted by Gasteiger charge is 2.38. The monoisotopic (exact) mass is 264 g/mol. The molecule has 0 unspecified atom stereocenters. The summed E-state index contributed by atoms with van der Waals surface area (Å²) in [5, 5.41) is 0. The van der Waals surface area contributed by atoms with Gasteiger partial charge in [0.25, 0.3) is 0 Å². The fourth-order valence-electron chi connectivity index (χ4n) is 2.72. The van der Waals surface area contributed by atoms with E-state index in [2.05, 4.69) is 0 Å². The number of carbonyl (C=O) groups excluding carboxylic acids is 1. The normalized spacial score (nSPS) is 16.8. The Hall–Kier alpha value is -1.71. The van der Waals surface area contributed by atoms with Crippen LogP contribution in [0.15, 0.2) is 6.07 Å². The molecule has 0 amide bonds. The van der Waals surface area contributed by atoms with Gasteiger partial charge in [0.2, 0.25) is 5.75 Å². The standard InChI is InChI=1S/C15H20O4/c1-15(2)10-8-11(17-3)14(19-5)13(18-4)9(10)6-7-12(15)16/h8H,6-7H2,1-5H3. The van der Waals surface area contributed by atoms with Crippen molar-refractivity contribution < 1.29 is 19.0 Å². The quantitative estimate of drug-likeness (QED) is 0.841. The van der Waals surface area contributed by atoms with E-state index in [1.54, 1.807) is 21.3 Å². The van der Waals surface area contributed by atoms with E-state index in [-0.39, 0.29) is 5.78 Å². The van der Waals surface area contributed by atoms with Crippen molar-refractivity contribution in [3.8, 4) is 17.2 Å². The lowest BCUT2D eigenvalue weighted by Gasteiger charge is -2.33. The van der Waals surface area contributed by atoms with Gasteiger partial charge in [-0.1, -0.05) is 0 Å². The van der Waals surface area contributed by atoms with Crippen LogP contribution < -0.4 is 14.2 Å². The van der Waals surface area contributed by atoms with Crippen molar-refractivity contribution in [2.75, 3.05) is 21.3 Å². The van der Waals surface area contributed by atoms with Gasteiger partial charge in [0.15, 0.2) is 11.5 Å². The van der Waals surface area contributed by atoms with E-state index in [1.165, 1.54) is 0 Å². The summed E-state index contributed by atoms with van der Waals surface area (Å²) in [5.41, 5.74) is 1.50. The van der Waals surface area contributed by atoms with Gasteiger partial charge in [-0.05, 0) is 31.9 Å². The zero-order chi connectivity index (χ0) is 14.2. The van der Waals surface area contributed by atoms with Crippen molar-refractivity contribution >= 4 is 5.78 Å². The topological polar surface area (TPSA) is 44.8 Å². The van der Waals surface area contributed by atoms with Crippen LogP contribution in [-0.2, 0) is 16.6 Å². The van der Waals surface area contributed by atoms with Crippen LogP contribution in [0.5, 0.6) is 17.2 Å². The molecule has 0 atom stereocenters.